The van der Waals surface area contributed by atoms with Gasteiger partial charge in [0.25, 0.3) is 0 Å². The number of nitrogens with zero attached hydrogens (tertiary/aromatic N) is 1. The summed E-state index contributed by atoms with van der Waals surface area (Å²) in [5, 5.41) is 9.63. The number of piperidine rings is 1. The molecule has 1 aliphatic rings. The quantitative estimate of drug-likeness (QED) is 0.893. The van der Waals surface area contributed by atoms with Gasteiger partial charge in [-0.1, -0.05) is 13.0 Å². The van der Waals surface area contributed by atoms with Crippen molar-refractivity contribution in [2.75, 3.05) is 20.2 Å². The molecule has 0 amide bonds. The van der Waals surface area contributed by atoms with Gasteiger partial charge in [0.1, 0.15) is 0 Å². The number of likely N-dealkylation sites (tertiary alicyclic amines) is 1. The van der Waals surface area contributed by atoms with Gasteiger partial charge in [0.05, 0.1) is 7.11 Å². The largest absolute Gasteiger partial charge is 0.504 e. The van der Waals surface area contributed by atoms with E-state index in [1.54, 1.807) is 13.2 Å². The maximum atomic E-state index is 9.63. The zero-order valence-corrected chi connectivity index (χ0v) is 11.5. The molecule has 0 spiro atoms. The van der Waals surface area contributed by atoms with E-state index in [0.717, 1.165) is 19.0 Å². The lowest BCUT2D eigenvalue weighted by Crippen LogP contribution is -2.36. The van der Waals surface area contributed by atoms with E-state index >= 15 is 0 Å². The van der Waals surface area contributed by atoms with E-state index < -0.39 is 0 Å². The number of methoxy groups -OCH3 is 1. The molecule has 2 atom stereocenters. The molecular weight excluding hydrogens is 226 g/mol. The van der Waals surface area contributed by atoms with Gasteiger partial charge >= 0.3 is 0 Å². The standard InChI is InChI=1S/C15H23NO2/c1-11-5-4-8-16(10-11)12(2)13-6-7-14(17)15(9-13)18-3/h6-7,9,11-12,17H,4-5,8,10H2,1-3H3. The summed E-state index contributed by atoms with van der Waals surface area (Å²) in [6.07, 6.45) is 2.61. The molecule has 1 N–H and O–H groups in total. The van der Waals surface area contributed by atoms with Gasteiger partial charge in [0.15, 0.2) is 11.5 Å². The highest BCUT2D eigenvalue weighted by Crippen LogP contribution is 2.32. The van der Waals surface area contributed by atoms with Crippen molar-refractivity contribution in [2.24, 2.45) is 5.92 Å². The van der Waals surface area contributed by atoms with Crippen molar-refractivity contribution >= 4 is 0 Å². The van der Waals surface area contributed by atoms with Crippen molar-refractivity contribution in [3.05, 3.63) is 23.8 Å². The zero-order chi connectivity index (χ0) is 13.1. The molecule has 1 aromatic rings. The van der Waals surface area contributed by atoms with Gasteiger partial charge in [0.2, 0.25) is 0 Å². The molecule has 1 heterocycles. The SMILES string of the molecule is COc1cc(C(C)N2CCCC(C)C2)ccc1O. The Morgan fingerprint density at radius 3 is 2.89 bits per heavy atom. The summed E-state index contributed by atoms with van der Waals surface area (Å²) in [5.41, 5.74) is 1.21. The summed E-state index contributed by atoms with van der Waals surface area (Å²) in [4.78, 5) is 2.51. The fourth-order valence-electron chi connectivity index (χ4n) is 2.74. The first-order valence-corrected chi connectivity index (χ1v) is 6.72. The summed E-state index contributed by atoms with van der Waals surface area (Å²) in [6.45, 7) is 6.86. The van der Waals surface area contributed by atoms with E-state index in [4.69, 9.17) is 4.74 Å². The summed E-state index contributed by atoms with van der Waals surface area (Å²) in [6, 6.07) is 6.03. The second-order valence-corrected chi connectivity index (χ2v) is 5.35. The predicted molar refractivity (Wildman–Crippen MR) is 73.0 cm³/mol. The predicted octanol–water partition coefficient (Wildman–Crippen LogP) is 3.19. The Hall–Kier alpha value is -1.22. The Kier molecular flexibility index (Phi) is 4.12. The molecule has 0 aromatic heterocycles. The maximum Gasteiger partial charge on any atom is 0.160 e. The average molecular weight is 249 g/mol. The molecule has 0 radical (unpaired) electrons. The molecule has 1 fully saturated rings. The van der Waals surface area contributed by atoms with Gasteiger partial charge in [-0.15, -0.1) is 0 Å². The van der Waals surface area contributed by atoms with Crippen LogP contribution in [0.1, 0.15) is 38.3 Å². The van der Waals surface area contributed by atoms with E-state index in [-0.39, 0.29) is 5.75 Å². The summed E-state index contributed by atoms with van der Waals surface area (Å²) < 4.78 is 5.18. The number of phenolic OH excluding ortho intramolecular Hbond substituents is 1. The van der Waals surface area contributed by atoms with Crippen molar-refractivity contribution in [3.8, 4) is 11.5 Å². The molecule has 2 rings (SSSR count). The summed E-state index contributed by atoms with van der Waals surface area (Å²) in [5.74, 6) is 1.55. The van der Waals surface area contributed by atoms with Crippen LogP contribution in [0.25, 0.3) is 0 Å². The number of hydrogen-bond acceptors (Lipinski definition) is 3. The molecule has 3 heteroatoms. The molecule has 1 aliphatic heterocycles. The maximum absolute atomic E-state index is 9.63. The molecule has 0 bridgehead atoms. The number of benzene rings is 1. The average Bonchev–Trinajstić information content (AvgIpc) is 2.38. The monoisotopic (exact) mass is 249 g/mol. The van der Waals surface area contributed by atoms with Gasteiger partial charge in [-0.25, -0.2) is 0 Å². The summed E-state index contributed by atoms with van der Waals surface area (Å²) >= 11 is 0. The smallest absolute Gasteiger partial charge is 0.160 e. The second kappa shape index (κ2) is 5.61. The van der Waals surface area contributed by atoms with Crippen LogP contribution >= 0.6 is 0 Å². The summed E-state index contributed by atoms with van der Waals surface area (Å²) in [7, 11) is 1.59. The molecular formula is C15H23NO2. The minimum absolute atomic E-state index is 0.209. The molecule has 0 saturated carbocycles. The van der Waals surface area contributed by atoms with Crippen LogP contribution in [0.5, 0.6) is 11.5 Å². The molecule has 0 aliphatic carbocycles. The third kappa shape index (κ3) is 2.78. The van der Waals surface area contributed by atoms with Crippen LogP contribution in [0, 0.1) is 5.92 Å². The lowest BCUT2D eigenvalue weighted by Gasteiger charge is -2.35. The first kappa shape index (κ1) is 13.2. The lowest BCUT2D eigenvalue weighted by atomic mass is 9.97. The van der Waals surface area contributed by atoms with E-state index in [1.165, 1.54) is 18.4 Å². The fourth-order valence-corrected chi connectivity index (χ4v) is 2.74. The first-order valence-electron chi connectivity index (χ1n) is 6.72. The molecule has 1 aromatic carbocycles. The third-order valence-electron chi connectivity index (χ3n) is 3.92. The van der Waals surface area contributed by atoms with Gasteiger partial charge in [0, 0.05) is 12.6 Å². The van der Waals surface area contributed by atoms with Crippen LogP contribution in [0.4, 0.5) is 0 Å². The van der Waals surface area contributed by atoms with E-state index in [2.05, 4.69) is 18.7 Å². The molecule has 2 unspecified atom stereocenters. The minimum Gasteiger partial charge on any atom is -0.504 e. The van der Waals surface area contributed by atoms with Crippen molar-refractivity contribution in [3.63, 3.8) is 0 Å². The Morgan fingerprint density at radius 2 is 2.22 bits per heavy atom. The van der Waals surface area contributed by atoms with Crippen LogP contribution in [0.2, 0.25) is 0 Å². The van der Waals surface area contributed by atoms with Crippen molar-refractivity contribution in [2.45, 2.75) is 32.7 Å². The molecule has 3 nitrogen and oxygen atoms in total. The second-order valence-electron chi connectivity index (χ2n) is 5.35. The van der Waals surface area contributed by atoms with Gasteiger partial charge in [-0.3, -0.25) is 4.90 Å². The normalized spacial score (nSPS) is 22.7. The number of aromatic hydroxyl groups is 1. The number of hydrogen-bond donors (Lipinski definition) is 1. The van der Waals surface area contributed by atoms with E-state index in [1.807, 2.05) is 12.1 Å². The first-order chi connectivity index (χ1) is 8.61. The molecule has 100 valence electrons. The van der Waals surface area contributed by atoms with Crippen LogP contribution in [-0.4, -0.2) is 30.2 Å². The Morgan fingerprint density at radius 1 is 1.44 bits per heavy atom. The lowest BCUT2D eigenvalue weighted by molar-refractivity contribution is 0.139. The minimum atomic E-state index is 0.209. The van der Waals surface area contributed by atoms with Crippen molar-refractivity contribution in [1.82, 2.24) is 4.90 Å². The van der Waals surface area contributed by atoms with Gasteiger partial charge < -0.3 is 9.84 Å². The number of phenols is 1. The Bertz CT molecular complexity index is 405. The van der Waals surface area contributed by atoms with Crippen LogP contribution in [0.15, 0.2) is 18.2 Å². The zero-order valence-electron chi connectivity index (χ0n) is 11.5. The van der Waals surface area contributed by atoms with Crippen LogP contribution in [-0.2, 0) is 0 Å². The highest BCUT2D eigenvalue weighted by molar-refractivity contribution is 5.42. The molecule has 1 saturated heterocycles. The van der Waals surface area contributed by atoms with Gasteiger partial charge in [-0.2, -0.15) is 0 Å². The van der Waals surface area contributed by atoms with Crippen LogP contribution < -0.4 is 4.74 Å². The topological polar surface area (TPSA) is 32.7 Å². The van der Waals surface area contributed by atoms with Crippen molar-refractivity contribution < 1.29 is 9.84 Å². The molecule has 18 heavy (non-hydrogen) atoms. The fraction of sp³-hybridized carbons (Fsp3) is 0.600. The van der Waals surface area contributed by atoms with Crippen LogP contribution in [0.3, 0.4) is 0 Å². The highest BCUT2D eigenvalue weighted by Gasteiger charge is 2.22. The number of rotatable bonds is 3. The highest BCUT2D eigenvalue weighted by atomic mass is 16.5. The Labute approximate surface area is 109 Å². The van der Waals surface area contributed by atoms with Crippen molar-refractivity contribution in [1.29, 1.82) is 0 Å². The number of ether oxygens (including phenoxy) is 1. The third-order valence-corrected chi connectivity index (χ3v) is 3.92. The van der Waals surface area contributed by atoms with E-state index in [0.29, 0.717) is 11.8 Å². The van der Waals surface area contributed by atoms with Gasteiger partial charge in [-0.05, 0) is 49.9 Å². The Balaban J connectivity index is 2.14. The van der Waals surface area contributed by atoms with E-state index in [9.17, 15) is 5.11 Å².